The number of rotatable bonds is 4. The first kappa shape index (κ1) is 14.2. The highest BCUT2D eigenvalue weighted by molar-refractivity contribution is 5.90. The third kappa shape index (κ3) is 2.59. The molecule has 0 spiro atoms. The molecule has 3 atom stereocenters. The third-order valence-electron chi connectivity index (χ3n) is 5.00. The Kier molecular flexibility index (Phi) is 3.79. The topological polar surface area (TPSA) is 47.6 Å². The van der Waals surface area contributed by atoms with Gasteiger partial charge in [0.25, 0.3) is 0 Å². The van der Waals surface area contributed by atoms with Crippen LogP contribution >= 0.6 is 0 Å². The van der Waals surface area contributed by atoms with Crippen molar-refractivity contribution < 1.29 is 14.3 Å². The number of ether oxygens (including phenoxy) is 2. The van der Waals surface area contributed by atoms with Gasteiger partial charge in [0.15, 0.2) is 11.5 Å². The van der Waals surface area contributed by atoms with Crippen LogP contribution in [0.3, 0.4) is 0 Å². The van der Waals surface area contributed by atoms with Gasteiger partial charge in [-0.05, 0) is 48.6 Å². The van der Waals surface area contributed by atoms with E-state index in [1.165, 1.54) is 31.2 Å². The summed E-state index contributed by atoms with van der Waals surface area (Å²) >= 11 is 0. The van der Waals surface area contributed by atoms with Crippen LogP contribution in [0.25, 0.3) is 0 Å². The molecule has 1 N–H and O–H groups in total. The molecular formula is C17H23NO3. The van der Waals surface area contributed by atoms with Gasteiger partial charge < -0.3 is 14.8 Å². The largest absolute Gasteiger partial charge is 0.493 e. The van der Waals surface area contributed by atoms with Crippen LogP contribution in [0.15, 0.2) is 12.1 Å². The minimum Gasteiger partial charge on any atom is -0.493 e. The second-order valence-corrected chi connectivity index (χ2v) is 6.26. The van der Waals surface area contributed by atoms with E-state index in [0.717, 1.165) is 23.3 Å². The predicted molar refractivity (Wildman–Crippen MR) is 82.0 cm³/mol. The van der Waals surface area contributed by atoms with Crippen molar-refractivity contribution in [3.05, 3.63) is 17.7 Å². The van der Waals surface area contributed by atoms with E-state index in [2.05, 4.69) is 11.4 Å². The fraction of sp³-hybridized carbons (Fsp3) is 0.588. The number of methoxy groups -OCH3 is 2. The summed E-state index contributed by atoms with van der Waals surface area (Å²) in [6.45, 7) is 1.54. The maximum atomic E-state index is 11.5. The highest BCUT2D eigenvalue weighted by Crippen LogP contribution is 2.55. The van der Waals surface area contributed by atoms with Gasteiger partial charge in [-0.25, -0.2) is 0 Å². The summed E-state index contributed by atoms with van der Waals surface area (Å²) < 4.78 is 10.8. The lowest BCUT2D eigenvalue weighted by atomic mass is 9.82. The summed E-state index contributed by atoms with van der Waals surface area (Å²) in [5, 5.41) is 2.96. The molecule has 0 radical (unpaired) electrons. The quantitative estimate of drug-likeness (QED) is 0.922. The highest BCUT2D eigenvalue weighted by atomic mass is 16.5. The molecule has 0 aromatic heterocycles. The van der Waals surface area contributed by atoms with Crippen molar-refractivity contribution >= 4 is 11.6 Å². The first-order valence-electron chi connectivity index (χ1n) is 7.66. The SMILES string of the molecule is COc1cc(NC(C)=O)c([C@H]2CC3CCC2C3)cc1OC. The Morgan fingerprint density at radius 2 is 1.86 bits per heavy atom. The molecule has 2 unspecified atom stereocenters. The Morgan fingerprint density at radius 1 is 1.14 bits per heavy atom. The van der Waals surface area contributed by atoms with Crippen molar-refractivity contribution in [3.63, 3.8) is 0 Å². The number of anilines is 1. The van der Waals surface area contributed by atoms with E-state index in [1.807, 2.05) is 6.07 Å². The first-order chi connectivity index (χ1) is 10.1. The van der Waals surface area contributed by atoms with E-state index in [9.17, 15) is 4.79 Å². The Bertz CT molecular complexity index is 555. The number of amides is 1. The van der Waals surface area contributed by atoms with Gasteiger partial charge in [-0.2, -0.15) is 0 Å². The van der Waals surface area contributed by atoms with Crippen LogP contribution in [0, 0.1) is 11.8 Å². The molecule has 2 saturated carbocycles. The summed E-state index contributed by atoms with van der Waals surface area (Å²) in [7, 11) is 3.27. The number of hydrogen-bond donors (Lipinski definition) is 1. The zero-order valence-electron chi connectivity index (χ0n) is 12.9. The minimum atomic E-state index is -0.0494. The van der Waals surface area contributed by atoms with Crippen LogP contribution in [0.2, 0.25) is 0 Å². The van der Waals surface area contributed by atoms with Crippen LogP contribution < -0.4 is 14.8 Å². The molecule has 4 nitrogen and oxygen atoms in total. The lowest BCUT2D eigenvalue weighted by Crippen LogP contribution is -2.14. The zero-order chi connectivity index (χ0) is 15.0. The van der Waals surface area contributed by atoms with E-state index in [-0.39, 0.29) is 5.91 Å². The van der Waals surface area contributed by atoms with Crippen molar-refractivity contribution in [2.75, 3.05) is 19.5 Å². The van der Waals surface area contributed by atoms with Gasteiger partial charge in [-0.15, -0.1) is 0 Å². The Balaban J connectivity index is 2.01. The average molecular weight is 289 g/mol. The number of fused-ring (bicyclic) bond motifs is 2. The molecule has 2 aliphatic rings. The molecule has 1 aromatic carbocycles. The molecule has 3 rings (SSSR count). The van der Waals surface area contributed by atoms with Gasteiger partial charge in [0, 0.05) is 18.7 Å². The molecule has 2 fully saturated rings. The molecule has 1 amide bonds. The maximum absolute atomic E-state index is 11.5. The van der Waals surface area contributed by atoms with Crippen LogP contribution in [-0.4, -0.2) is 20.1 Å². The Hall–Kier alpha value is -1.71. The van der Waals surface area contributed by atoms with Crippen LogP contribution in [0.4, 0.5) is 5.69 Å². The Labute approximate surface area is 125 Å². The summed E-state index contributed by atoms with van der Waals surface area (Å²) in [5.74, 6) is 3.49. The summed E-state index contributed by atoms with van der Waals surface area (Å²) in [4.78, 5) is 11.5. The molecule has 1 aromatic rings. The molecule has 4 heteroatoms. The molecule has 2 bridgehead atoms. The van der Waals surface area contributed by atoms with E-state index < -0.39 is 0 Å². The number of carbonyl (C=O) groups excluding carboxylic acids is 1. The standard InChI is InChI=1S/C17H23NO3/c1-10(19)18-15-9-17(21-3)16(20-2)8-14(15)13-7-11-4-5-12(13)6-11/h8-9,11-13H,4-7H2,1-3H3,(H,18,19)/t11?,12?,13-/m0/s1. The van der Waals surface area contributed by atoms with Crippen molar-refractivity contribution in [3.8, 4) is 11.5 Å². The van der Waals surface area contributed by atoms with Crippen molar-refractivity contribution in [1.29, 1.82) is 0 Å². The highest BCUT2D eigenvalue weighted by Gasteiger charge is 2.41. The van der Waals surface area contributed by atoms with Crippen LogP contribution in [0.1, 0.15) is 44.1 Å². The molecule has 2 aliphatic carbocycles. The summed E-state index contributed by atoms with van der Waals surface area (Å²) in [6.07, 6.45) is 5.23. The van der Waals surface area contributed by atoms with E-state index >= 15 is 0 Å². The lowest BCUT2D eigenvalue weighted by Gasteiger charge is -2.25. The van der Waals surface area contributed by atoms with Gasteiger partial charge in [0.2, 0.25) is 5.91 Å². The fourth-order valence-electron chi connectivity index (χ4n) is 4.13. The fourth-order valence-corrected chi connectivity index (χ4v) is 4.13. The smallest absolute Gasteiger partial charge is 0.221 e. The van der Waals surface area contributed by atoms with Gasteiger partial charge in [-0.3, -0.25) is 4.79 Å². The van der Waals surface area contributed by atoms with E-state index in [1.54, 1.807) is 21.1 Å². The normalized spacial score (nSPS) is 26.7. The average Bonchev–Trinajstić information content (AvgIpc) is 3.08. The summed E-state index contributed by atoms with van der Waals surface area (Å²) in [6, 6.07) is 3.94. The van der Waals surface area contributed by atoms with Crippen molar-refractivity contribution in [1.82, 2.24) is 0 Å². The van der Waals surface area contributed by atoms with Crippen LogP contribution in [0.5, 0.6) is 11.5 Å². The zero-order valence-corrected chi connectivity index (χ0v) is 12.9. The first-order valence-corrected chi connectivity index (χ1v) is 7.66. The van der Waals surface area contributed by atoms with Gasteiger partial charge >= 0.3 is 0 Å². The molecule has 0 aliphatic heterocycles. The molecule has 0 heterocycles. The molecule has 21 heavy (non-hydrogen) atoms. The van der Waals surface area contributed by atoms with Crippen molar-refractivity contribution in [2.45, 2.75) is 38.5 Å². The van der Waals surface area contributed by atoms with E-state index in [4.69, 9.17) is 9.47 Å². The summed E-state index contributed by atoms with van der Waals surface area (Å²) in [5.41, 5.74) is 2.08. The number of carbonyl (C=O) groups is 1. The second-order valence-electron chi connectivity index (χ2n) is 6.26. The number of benzene rings is 1. The van der Waals surface area contributed by atoms with Crippen molar-refractivity contribution in [2.24, 2.45) is 11.8 Å². The third-order valence-corrected chi connectivity index (χ3v) is 5.00. The lowest BCUT2D eigenvalue weighted by molar-refractivity contribution is -0.114. The second kappa shape index (κ2) is 5.58. The van der Waals surface area contributed by atoms with Gasteiger partial charge in [0.1, 0.15) is 0 Å². The monoisotopic (exact) mass is 289 g/mol. The van der Waals surface area contributed by atoms with Gasteiger partial charge in [0.05, 0.1) is 14.2 Å². The van der Waals surface area contributed by atoms with Crippen LogP contribution in [-0.2, 0) is 4.79 Å². The molecule has 0 saturated heterocycles. The molecular weight excluding hydrogens is 266 g/mol. The number of hydrogen-bond acceptors (Lipinski definition) is 3. The minimum absolute atomic E-state index is 0.0494. The number of nitrogens with one attached hydrogen (secondary N) is 1. The maximum Gasteiger partial charge on any atom is 0.221 e. The Morgan fingerprint density at radius 3 is 2.38 bits per heavy atom. The van der Waals surface area contributed by atoms with E-state index in [0.29, 0.717) is 11.7 Å². The van der Waals surface area contributed by atoms with Gasteiger partial charge in [-0.1, -0.05) is 6.42 Å². The predicted octanol–water partition coefficient (Wildman–Crippen LogP) is 3.57. The molecule has 114 valence electrons.